The first-order valence-corrected chi connectivity index (χ1v) is 5.94. The van der Waals surface area contributed by atoms with Gasteiger partial charge in [0.05, 0.1) is 6.04 Å². The molecule has 2 heterocycles. The fourth-order valence-corrected chi connectivity index (χ4v) is 2.06. The molecule has 1 N–H and O–H groups in total. The van der Waals surface area contributed by atoms with Crippen molar-refractivity contribution in [2.45, 2.75) is 32.2 Å². The van der Waals surface area contributed by atoms with Gasteiger partial charge >= 0.3 is 0 Å². The van der Waals surface area contributed by atoms with Crippen molar-refractivity contribution in [1.82, 2.24) is 15.1 Å². The Morgan fingerprint density at radius 2 is 2.44 bits per heavy atom. The van der Waals surface area contributed by atoms with Gasteiger partial charge in [-0.25, -0.2) is 8.78 Å². The van der Waals surface area contributed by atoms with Crippen LogP contribution in [0.2, 0.25) is 0 Å². The molecule has 0 spiro atoms. The van der Waals surface area contributed by atoms with Crippen molar-refractivity contribution in [3.63, 3.8) is 0 Å². The zero-order valence-electron chi connectivity index (χ0n) is 10.1. The van der Waals surface area contributed by atoms with Gasteiger partial charge in [0.1, 0.15) is 5.69 Å². The molecule has 1 atom stereocenters. The van der Waals surface area contributed by atoms with Crippen molar-refractivity contribution in [1.29, 1.82) is 0 Å². The summed E-state index contributed by atoms with van der Waals surface area (Å²) in [7, 11) is 0. The van der Waals surface area contributed by atoms with E-state index >= 15 is 0 Å². The second-order valence-corrected chi connectivity index (χ2v) is 4.25. The standard InChI is InChI=1S/C12H15F2N3O/c1-2-4-8-5-3-6-17(8)12(18)10-7-9(11(13)14)15-16-10/h3,5,7-8,11H,2,4,6H2,1H3,(H,15,16)/t8-/m0/s1. The van der Waals surface area contributed by atoms with Gasteiger partial charge in [0.25, 0.3) is 12.3 Å². The SMILES string of the molecule is CCC[C@H]1C=CCN1C(=O)c1cc(C(F)F)[nH]n1. The summed E-state index contributed by atoms with van der Waals surface area (Å²) in [5, 5.41) is 5.84. The van der Waals surface area contributed by atoms with Crippen molar-refractivity contribution >= 4 is 5.91 Å². The first-order chi connectivity index (χ1) is 8.63. The smallest absolute Gasteiger partial charge is 0.279 e. The van der Waals surface area contributed by atoms with Crippen LogP contribution >= 0.6 is 0 Å². The lowest BCUT2D eigenvalue weighted by atomic mass is 10.1. The van der Waals surface area contributed by atoms with Gasteiger partial charge in [0.2, 0.25) is 0 Å². The topological polar surface area (TPSA) is 49.0 Å². The zero-order valence-corrected chi connectivity index (χ0v) is 10.1. The molecular formula is C12H15F2N3O. The average Bonchev–Trinajstić information content (AvgIpc) is 2.97. The lowest BCUT2D eigenvalue weighted by Crippen LogP contribution is -2.36. The van der Waals surface area contributed by atoms with Crippen LogP contribution in [0.3, 0.4) is 0 Å². The molecule has 0 bridgehead atoms. The summed E-state index contributed by atoms with van der Waals surface area (Å²) in [6.07, 6.45) is 3.08. The summed E-state index contributed by atoms with van der Waals surface area (Å²) >= 11 is 0. The Kier molecular flexibility index (Phi) is 3.74. The molecule has 18 heavy (non-hydrogen) atoms. The van der Waals surface area contributed by atoms with E-state index in [1.165, 1.54) is 0 Å². The predicted octanol–water partition coefficient (Wildman–Crippen LogP) is 2.53. The molecule has 1 aliphatic rings. The highest BCUT2D eigenvalue weighted by molar-refractivity contribution is 5.93. The number of aromatic nitrogens is 2. The number of nitrogens with zero attached hydrogens (tertiary/aromatic N) is 2. The number of halogens is 2. The first-order valence-electron chi connectivity index (χ1n) is 5.94. The highest BCUT2D eigenvalue weighted by Gasteiger charge is 2.27. The molecule has 0 radical (unpaired) electrons. The molecule has 0 saturated carbocycles. The van der Waals surface area contributed by atoms with Gasteiger partial charge < -0.3 is 4.90 Å². The van der Waals surface area contributed by atoms with Crippen molar-refractivity contribution in [2.75, 3.05) is 6.54 Å². The monoisotopic (exact) mass is 255 g/mol. The van der Waals surface area contributed by atoms with E-state index in [4.69, 9.17) is 0 Å². The quantitative estimate of drug-likeness (QED) is 0.840. The van der Waals surface area contributed by atoms with Crippen molar-refractivity contribution < 1.29 is 13.6 Å². The van der Waals surface area contributed by atoms with Gasteiger partial charge in [-0.2, -0.15) is 5.10 Å². The van der Waals surface area contributed by atoms with Gasteiger partial charge in [-0.3, -0.25) is 9.89 Å². The minimum absolute atomic E-state index is 0.0502. The van der Waals surface area contributed by atoms with Crippen LogP contribution in [0.5, 0.6) is 0 Å². The molecule has 0 unspecified atom stereocenters. The summed E-state index contributed by atoms with van der Waals surface area (Å²) in [4.78, 5) is 13.8. The van der Waals surface area contributed by atoms with E-state index in [0.29, 0.717) is 6.54 Å². The highest BCUT2D eigenvalue weighted by Crippen LogP contribution is 2.20. The van der Waals surface area contributed by atoms with E-state index in [0.717, 1.165) is 18.9 Å². The van der Waals surface area contributed by atoms with Crippen LogP contribution in [0.1, 0.15) is 42.4 Å². The van der Waals surface area contributed by atoms with Gasteiger partial charge in [-0.15, -0.1) is 0 Å². The van der Waals surface area contributed by atoms with Crippen LogP contribution in [0, 0.1) is 0 Å². The highest BCUT2D eigenvalue weighted by atomic mass is 19.3. The number of alkyl halides is 2. The molecule has 0 aromatic carbocycles. The van der Waals surface area contributed by atoms with E-state index in [-0.39, 0.29) is 23.3 Å². The summed E-state index contributed by atoms with van der Waals surface area (Å²) in [6.45, 7) is 2.55. The first kappa shape index (κ1) is 12.7. The van der Waals surface area contributed by atoms with E-state index in [1.54, 1.807) is 4.90 Å². The van der Waals surface area contributed by atoms with E-state index in [1.807, 2.05) is 19.1 Å². The van der Waals surface area contributed by atoms with Crippen LogP contribution in [0.25, 0.3) is 0 Å². The number of rotatable bonds is 4. The van der Waals surface area contributed by atoms with E-state index in [9.17, 15) is 13.6 Å². The Hall–Kier alpha value is -1.72. The number of carbonyl (C=O) groups excluding carboxylic acids is 1. The minimum Gasteiger partial charge on any atom is -0.327 e. The van der Waals surface area contributed by atoms with Gasteiger partial charge in [-0.1, -0.05) is 25.5 Å². The summed E-state index contributed by atoms with van der Waals surface area (Å²) < 4.78 is 24.8. The van der Waals surface area contributed by atoms with Gasteiger partial charge in [-0.05, 0) is 12.5 Å². The summed E-state index contributed by atoms with van der Waals surface area (Å²) in [6, 6.07) is 1.17. The number of nitrogens with one attached hydrogen (secondary N) is 1. The minimum atomic E-state index is -2.64. The normalized spacial score (nSPS) is 18.9. The lowest BCUT2D eigenvalue weighted by Gasteiger charge is -2.23. The molecule has 1 aromatic rings. The fourth-order valence-electron chi connectivity index (χ4n) is 2.06. The van der Waals surface area contributed by atoms with Crippen LogP contribution in [0.4, 0.5) is 8.78 Å². The second kappa shape index (κ2) is 5.29. The summed E-state index contributed by atoms with van der Waals surface area (Å²) in [5.74, 6) is -0.304. The summed E-state index contributed by atoms with van der Waals surface area (Å²) in [5.41, 5.74) is -0.271. The molecule has 1 aromatic heterocycles. The maximum atomic E-state index is 12.4. The number of hydrogen-bond acceptors (Lipinski definition) is 2. The van der Waals surface area contributed by atoms with Gasteiger partial charge in [0.15, 0.2) is 5.69 Å². The Labute approximate surface area is 104 Å². The molecule has 2 rings (SSSR count). The van der Waals surface area contributed by atoms with Gasteiger partial charge in [0, 0.05) is 6.54 Å². The van der Waals surface area contributed by atoms with Crippen LogP contribution in [-0.4, -0.2) is 33.6 Å². The largest absolute Gasteiger partial charge is 0.327 e. The molecule has 0 fully saturated rings. The van der Waals surface area contributed by atoms with E-state index in [2.05, 4.69) is 10.2 Å². The third-order valence-electron chi connectivity index (χ3n) is 2.96. The number of H-pyrrole nitrogens is 1. The van der Waals surface area contributed by atoms with Crippen molar-refractivity contribution in [2.24, 2.45) is 0 Å². The second-order valence-electron chi connectivity index (χ2n) is 4.25. The zero-order chi connectivity index (χ0) is 13.1. The predicted molar refractivity (Wildman–Crippen MR) is 62.4 cm³/mol. The van der Waals surface area contributed by atoms with E-state index < -0.39 is 6.43 Å². The fraction of sp³-hybridized carbons (Fsp3) is 0.500. The lowest BCUT2D eigenvalue weighted by molar-refractivity contribution is 0.0738. The van der Waals surface area contributed by atoms with Crippen molar-refractivity contribution in [3.05, 3.63) is 29.6 Å². The molecule has 0 aliphatic carbocycles. The van der Waals surface area contributed by atoms with Crippen LogP contribution < -0.4 is 0 Å². The molecule has 1 aliphatic heterocycles. The molecule has 6 heteroatoms. The Morgan fingerprint density at radius 3 is 3.06 bits per heavy atom. The number of amides is 1. The number of aromatic amines is 1. The number of carbonyl (C=O) groups is 1. The maximum Gasteiger partial charge on any atom is 0.279 e. The maximum absolute atomic E-state index is 12.4. The van der Waals surface area contributed by atoms with Crippen LogP contribution in [-0.2, 0) is 0 Å². The Balaban J connectivity index is 2.10. The van der Waals surface area contributed by atoms with Crippen LogP contribution in [0.15, 0.2) is 18.2 Å². The molecule has 0 saturated heterocycles. The third kappa shape index (κ3) is 2.42. The average molecular weight is 255 g/mol. The molecular weight excluding hydrogens is 240 g/mol. The Bertz CT molecular complexity index is 456. The number of hydrogen-bond donors (Lipinski definition) is 1. The third-order valence-corrected chi connectivity index (χ3v) is 2.96. The molecule has 4 nitrogen and oxygen atoms in total. The molecule has 98 valence electrons. The Morgan fingerprint density at radius 1 is 1.67 bits per heavy atom. The van der Waals surface area contributed by atoms with Crippen molar-refractivity contribution in [3.8, 4) is 0 Å². The molecule has 1 amide bonds.